The Balaban J connectivity index is 1.78. The Hall–Kier alpha value is -2.74. The van der Waals surface area contributed by atoms with Gasteiger partial charge < -0.3 is 20.0 Å². The number of oxazole rings is 1. The Morgan fingerprint density at radius 2 is 2.19 bits per heavy atom. The molecule has 2 aromatic heterocycles. The molecule has 8 nitrogen and oxygen atoms in total. The average Bonchev–Trinajstić information content (AvgIpc) is 3.04. The third kappa shape index (κ3) is 3.75. The molecule has 0 bridgehead atoms. The van der Waals surface area contributed by atoms with Crippen molar-refractivity contribution in [3.05, 3.63) is 41.4 Å². The van der Waals surface area contributed by atoms with Crippen LogP contribution in [-0.2, 0) is 11.2 Å². The van der Waals surface area contributed by atoms with Crippen LogP contribution >= 0.6 is 0 Å². The number of aromatic nitrogens is 2. The monoisotopic (exact) mass is 357 g/mol. The zero-order valence-corrected chi connectivity index (χ0v) is 15.2. The highest BCUT2D eigenvalue weighted by Crippen LogP contribution is 2.17. The number of aryl methyl sites for hydroxylation is 3. The molecule has 0 aliphatic carbocycles. The van der Waals surface area contributed by atoms with Crippen LogP contribution in [0.15, 0.2) is 22.7 Å². The molecule has 0 radical (unpaired) electrons. The number of hydrogen-bond donors (Lipinski definition) is 2. The molecule has 3 rings (SSSR count). The summed E-state index contributed by atoms with van der Waals surface area (Å²) in [5.41, 5.74) is 2.02. The van der Waals surface area contributed by atoms with E-state index in [1.807, 2.05) is 19.9 Å². The Morgan fingerprint density at radius 1 is 1.38 bits per heavy atom. The van der Waals surface area contributed by atoms with Crippen LogP contribution in [0, 0.1) is 13.8 Å². The van der Waals surface area contributed by atoms with Gasteiger partial charge >= 0.3 is 0 Å². The zero-order valence-electron chi connectivity index (χ0n) is 15.2. The van der Waals surface area contributed by atoms with Crippen molar-refractivity contribution >= 4 is 17.5 Å². The quantitative estimate of drug-likeness (QED) is 0.855. The molecule has 1 saturated heterocycles. The normalized spacial score (nSPS) is 17.2. The van der Waals surface area contributed by atoms with E-state index < -0.39 is 6.04 Å². The number of nitrogens with zero attached hydrogens (tertiary/aromatic N) is 3. The van der Waals surface area contributed by atoms with Crippen LogP contribution in [0.25, 0.3) is 0 Å². The van der Waals surface area contributed by atoms with Crippen molar-refractivity contribution in [2.75, 3.05) is 25.0 Å². The van der Waals surface area contributed by atoms with Crippen molar-refractivity contribution in [1.29, 1.82) is 0 Å². The van der Waals surface area contributed by atoms with E-state index in [4.69, 9.17) is 4.42 Å². The maximum Gasteiger partial charge on any atom is 0.292 e. The fourth-order valence-electron chi connectivity index (χ4n) is 2.88. The first-order valence-electron chi connectivity index (χ1n) is 8.71. The summed E-state index contributed by atoms with van der Waals surface area (Å²) in [5, 5.41) is 5.99. The molecule has 0 saturated carbocycles. The summed E-state index contributed by atoms with van der Waals surface area (Å²) in [5.74, 6) is 0.161. The van der Waals surface area contributed by atoms with Crippen molar-refractivity contribution in [2.45, 2.75) is 33.2 Å². The zero-order chi connectivity index (χ0) is 18.7. The number of rotatable bonds is 4. The minimum absolute atomic E-state index is 0.207. The average molecular weight is 357 g/mol. The molecule has 0 aromatic carbocycles. The highest BCUT2D eigenvalue weighted by molar-refractivity contribution is 6.00. The van der Waals surface area contributed by atoms with E-state index >= 15 is 0 Å². The predicted octanol–water partition coefficient (Wildman–Crippen LogP) is 1.30. The van der Waals surface area contributed by atoms with Crippen molar-refractivity contribution in [2.24, 2.45) is 0 Å². The SMILES string of the molecule is CCc1nc(C)c(C(=O)N2CCNC[C@H]2C(=O)Nc2ccc(C)nc2)o1. The molecule has 2 aromatic rings. The first-order chi connectivity index (χ1) is 12.5. The first kappa shape index (κ1) is 18.1. The van der Waals surface area contributed by atoms with Crippen LogP contribution in [0.1, 0.15) is 34.8 Å². The topological polar surface area (TPSA) is 100 Å². The van der Waals surface area contributed by atoms with Crippen LogP contribution in [0.2, 0.25) is 0 Å². The lowest BCUT2D eigenvalue weighted by atomic mass is 10.1. The smallest absolute Gasteiger partial charge is 0.292 e. The second kappa shape index (κ2) is 7.65. The lowest BCUT2D eigenvalue weighted by Crippen LogP contribution is -2.58. The van der Waals surface area contributed by atoms with Crippen LogP contribution in [0.5, 0.6) is 0 Å². The molecule has 0 unspecified atom stereocenters. The summed E-state index contributed by atoms with van der Waals surface area (Å²) in [7, 11) is 0. The standard InChI is InChI=1S/C18H23N5O3/c1-4-15-21-12(3)16(26-15)18(25)23-8-7-19-10-14(23)17(24)22-13-6-5-11(2)20-9-13/h5-6,9,14,19H,4,7-8,10H2,1-3H3,(H,22,24)/t14-/m0/s1. The molecule has 2 N–H and O–H groups in total. The third-order valence-corrected chi connectivity index (χ3v) is 4.32. The fourth-order valence-corrected chi connectivity index (χ4v) is 2.88. The van der Waals surface area contributed by atoms with Gasteiger partial charge in [-0.2, -0.15) is 0 Å². The Morgan fingerprint density at radius 3 is 2.85 bits per heavy atom. The highest BCUT2D eigenvalue weighted by Gasteiger charge is 2.35. The molecule has 0 spiro atoms. The maximum absolute atomic E-state index is 12.9. The third-order valence-electron chi connectivity index (χ3n) is 4.32. The largest absolute Gasteiger partial charge is 0.435 e. The Bertz CT molecular complexity index is 800. The number of carbonyl (C=O) groups is 2. The summed E-state index contributed by atoms with van der Waals surface area (Å²) in [6.45, 7) is 6.95. The minimum atomic E-state index is -0.632. The van der Waals surface area contributed by atoms with E-state index in [0.29, 0.717) is 43.3 Å². The lowest BCUT2D eigenvalue weighted by molar-refractivity contribution is -0.121. The van der Waals surface area contributed by atoms with Gasteiger partial charge in [0, 0.05) is 31.7 Å². The van der Waals surface area contributed by atoms with Crippen molar-refractivity contribution in [1.82, 2.24) is 20.2 Å². The molecular weight excluding hydrogens is 334 g/mol. The molecule has 1 atom stereocenters. The molecule has 1 fully saturated rings. The molecule has 1 aliphatic rings. The Labute approximate surface area is 152 Å². The van der Waals surface area contributed by atoms with E-state index in [0.717, 1.165) is 5.69 Å². The van der Waals surface area contributed by atoms with Crippen LogP contribution < -0.4 is 10.6 Å². The number of amides is 2. The van der Waals surface area contributed by atoms with Crippen LogP contribution in [0.4, 0.5) is 5.69 Å². The number of hydrogen-bond acceptors (Lipinski definition) is 6. The van der Waals surface area contributed by atoms with Crippen molar-refractivity contribution < 1.29 is 14.0 Å². The van der Waals surface area contributed by atoms with Gasteiger partial charge in [0.2, 0.25) is 11.7 Å². The second-order valence-corrected chi connectivity index (χ2v) is 6.27. The van der Waals surface area contributed by atoms with Gasteiger partial charge in [-0.25, -0.2) is 4.98 Å². The number of anilines is 1. The van der Waals surface area contributed by atoms with Gasteiger partial charge in [-0.15, -0.1) is 0 Å². The number of piperazine rings is 1. The number of carbonyl (C=O) groups excluding carboxylic acids is 2. The van der Waals surface area contributed by atoms with Crippen molar-refractivity contribution in [3.63, 3.8) is 0 Å². The van der Waals surface area contributed by atoms with Gasteiger partial charge in [0.15, 0.2) is 5.89 Å². The van der Waals surface area contributed by atoms with Gasteiger partial charge in [-0.05, 0) is 26.0 Å². The Kier molecular flexibility index (Phi) is 5.32. The van der Waals surface area contributed by atoms with Gasteiger partial charge in [0.05, 0.1) is 17.6 Å². The summed E-state index contributed by atoms with van der Waals surface area (Å²) in [6, 6.07) is 2.98. The molecule has 2 amide bonds. The predicted molar refractivity (Wildman–Crippen MR) is 95.9 cm³/mol. The summed E-state index contributed by atoms with van der Waals surface area (Å²) >= 11 is 0. The summed E-state index contributed by atoms with van der Waals surface area (Å²) in [6.07, 6.45) is 2.21. The fraction of sp³-hybridized carbons (Fsp3) is 0.444. The van der Waals surface area contributed by atoms with E-state index in [9.17, 15) is 9.59 Å². The van der Waals surface area contributed by atoms with Gasteiger partial charge in [-0.3, -0.25) is 14.6 Å². The van der Waals surface area contributed by atoms with Gasteiger partial charge in [-0.1, -0.05) is 6.92 Å². The number of nitrogens with one attached hydrogen (secondary N) is 2. The van der Waals surface area contributed by atoms with Crippen LogP contribution in [-0.4, -0.2) is 52.4 Å². The molecule has 138 valence electrons. The molecule has 8 heteroatoms. The molecule has 26 heavy (non-hydrogen) atoms. The van der Waals surface area contributed by atoms with E-state index in [-0.39, 0.29) is 17.6 Å². The highest BCUT2D eigenvalue weighted by atomic mass is 16.4. The van der Waals surface area contributed by atoms with Gasteiger partial charge in [0.1, 0.15) is 6.04 Å². The van der Waals surface area contributed by atoms with E-state index in [1.54, 1.807) is 24.1 Å². The van der Waals surface area contributed by atoms with Crippen molar-refractivity contribution in [3.8, 4) is 0 Å². The second-order valence-electron chi connectivity index (χ2n) is 6.27. The van der Waals surface area contributed by atoms with Gasteiger partial charge in [0.25, 0.3) is 5.91 Å². The first-order valence-corrected chi connectivity index (χ1v) is 8.71. The lowest BCUT2D eigenvalue weighted by Gasteiger charge is -2.34. The minimum Gasteiger partial charge on any atom is -0.435 e. The van der Waals surface area contributed by atoms with E-state index in [2.05, 4.69) is 20.6 Å². The number of pyridine rings is 1. The molecule has 1 aliphatic heterocycles. The molecular formula is C18H23N5O3. The summed E-state index contributed by atoms with van der Waals surface area (Å²) in [4.78, 5) is 35.6. The molecule has 3 heterocycles. The van der Waals surface area contributed by atoms with E-state index in [1.165, 1.54) is 0 Å². The van der Waals surface area contributed by atoms with Crippen LogP contribution in [0.3, 0.4) is 0 Å². The maximum atomic E-state index is 12.9. The summed E-state index contributed by atoms with van der Waals surface area (Å²) < 4.78 is 5.57.